The number of carbonyl (C=O) groups excluding carboxylic acids is 2. The topological polar surface area (TPSA) is 112 Å². The van der Waals surface area contributed by atoms with E-state index in [2.05, 4.69) is 25.8 Å². The Labute approximate surface area is 144 Å². The minimum absolute atomic E-state index is 0.0295. The highest BCUT2D eigenvalue weighted by Crippen LogP contribution is 2.34. The van der Waals surface area contributed by atoms with Gasteiger partial charge in [0, 0.05) is 12.2 Å². The van der Waals surface area contributed by atoms with E-state index in [-0.39, 0.29) is 24.6 Å². The summed E-state index contributed by atoms with van der Waals surface area (Å²) in [6, 6.07) is 4.45. The molecule has 2 aromatic rings. The number of anilines is 2. The zero-order valence-electron chi connectivity index (χ0n) is 14.3. The number of urea groups is 1. The molecule has 1 aliphatic rings. The van der Waals surface area contributed by atoms with Gasteiger partial charge in [-0.15, -0.1) is 0 Å². The highest BCUT2D eigenvalue weighted by atomic mass is 16.5. The number of aryl methyl sites for hydroxylation is 1. The van der Waals surface area contributed by atoms with Gasteiger partial charge in [0.15, 0.2) is 12.4 Å². The van der Waals surface area contributed by atoms with E-state index in [9.17, 15) is 9.59 Å². The number of ether oxygens (including phenoxy) is 1. The van der Waals surface area contributed by atoms with Gasteiger partial charge in [0.05, 0.1) is 11.7 Å². The van der Waals surface area contributed by atoms with Gasteiger partial charge >= 0.3 is 6.03 Å². The average molecular weight is 344 g/mol. The fourth-order valence-corrected chi connectivity index (χ4v) is 2.61. The normalized spacial score (nSPS) is 14.5. The molecule has 3 amide bonds. The predicted molar refractivity (Wildman–Crippen MR) is 91.7 cm³/mol. The Morgan fingerprint density at radius 2 is 2.28 bits per heavy atom. The molecule has 1 aromatic carbocycles. The standard InChI is InChI=1S/C16H20N6O3/c1-4-22-12-7-11(5-6-13(12)25-8-14(22)23)19-16(24)17-9(2)15-18-10(3)20-21-15/h5-7,9H,4,8H2,1-3H3,(H2,17,19,24)(H,18,20,21)/t9-/m0/s1. The minimum Gasteiger partial charge on any atom is -0.482 e. The molecule has 3 rings (SSSR count). The molecular weight excluding hydrogens is 324 g/mol. The van der Waals surface area contributed by atoms with Crippen LogP contribution < -0.4 is 20.3 Å². The second kappa shape index (κ2) is 6.80. The van der Waals surface area contributed by atoms with Crippen LogP contribution in [0.2, 0.25) is 0 Å². The molecule has 0 saturated carbocycles. The first-order valence-corrected chi connectivity index (χ1v) is 8.01. The summed E-state index contributed by atoms with van der Waals surface area (Å²) in [4.78, 5) is 29.9. The summed E-state index contributed by atoms with van der Waals surface area (Å²) < 4.78 is 5.41. The second-order valence-corrected chi connectivity index (χ2v) is 5.71. The Balaban J connectivity index is 1.69. The number of aromatic nitrogens is 3. The molecule has 0 unspecified atom stereocenters. The van der Waals surface area contributed by atoms with E-state index in [1.54, 1.807) is 36.9 Å². The molecule has 0 fully saturated rings. The molecule has 0 saturated heterocycles. The van der Waals surface area contributed by atoms with Crippen LogP contribution in [0, 0.1) is 6.92 Å². The lowest BCUT2D eigenvalue weighted by Gasteiger charge is -2.28. The van der Waals surface area contributed by atoms with Crippen LogP contribution in [0.3, 0.4) is 0 Å². The smallest absolute Gasteiger partial charge is 0.319 e. The summed E-state index contributed by atoms with van der Waals surface area (Å²) in [5.41, 5.74) is 1.21. The Hall–Kier alpha value is -3.10. The molecule has 132 valence electrons. The number of nitrogens with one attached hydrogen (secondary N) is 3. The molecule has 25 heavy (non-hydrogen) atoms. The van der Waals surface area contributed by atoms with Crippen LogP contribution >= 0.6 is 0 Å². The molecule has 0 radical (unpaired) electrons. The Morgan fingerprint density at radius 1 is 1.48 bits per heavy atom. The molecule has 9 nitrogen and oxygen atoms in total. The molecule has 1 aliphatic heterocycles. The third-order valence-electron chi connectivity index (χ3n) is 3.83. The molecule has 1 atom stereocenters. The quantitative estimate of drug-likeness (QED) is 0.782. The third kappa shape index (κ3) is 3.54. The van der Waals surface area contributed by atoms with Crippen LogP contribution in [0.15, 0.2) is 18.2 Å². The molecule has 1 aromatic heterocycles. The summed E-state index contributed by atoms with van der Waals surface area (Å²) in [5.74, 6) is 1.71. The summed E-state index contributed by atoms with van der Waals surface area (Å²) in [7, 11) is 0. The first-order valence-electron chi connectivity index (χ1n) is 8.01. The lowest BCUT2D eigenvalue weighted by molar-refractivity contribution is -0.121. The van der Waals surface area contributed by atoms with Gasteiger partial charge in [-0.05, 0) is 39.0 Å². The van der Waals surface area contributed by atoms with E-state index in [1.165, 1.54) is 0 Å². The van der Waals surface area contributed by atoms with Crippen LogP contribution in [0.4, 0.5) is 16.2 Å². The minimum atomic E-state index is -0.388. The Bertz CT molecular complexity index is 803. The maximum Gasteiger partial charge on any atom is 0.319 e. The van der Waals surface area contributed by atoms with Gasteiger partial charge in [0.2, 0.25) is 0 Å². The maximum absolute atomic E-state index is 12.2. The van der Waals surface area contributed by atoms with Gasteiger partial charge in [0.25, 0.3) is 5.91 Å². The van der Waals surface area contributed by atoms with E-state index in [4.69, 9.17) is 4.74 Å². The van der Waals surface area contributed by atoms with Crippen molar-refractivity contribution in [2.75, 3.05) is 23.4 Å². The summed E-state index contributed by atoms with van der Waals surface area (Å²) >= 11 is 0. The number of amides is 3. The second-order valence-electron chi connectivity index (χ2n) is 5.71. The van der Waals surface area contributed by atoms with Crippen molar-refractivity contribution in [2.24, 2.45) is 0 Å². The van der Waals surface area contributed by atoms with Crippen molar-refractivity contribution in [3.8, 4) is 5.75 Å². The Morgan fingerprint density at radius 3 is 2.96 bits per heavy atom. The highest BCUT2D eigenvalue weighted by Gasteiger charge is 2.24. The van der Waals surface area contributed by atoms with Gasteiger partial charge in [0.1, 0.15) is 11.6 Å². The van der Waals surface area contributed by atoms with E-state index < -0.39 is 0 Å². The largest absolute Gasteiger partial charge is 0.482 e. The van der Waals surface area contributed by atoms with Crippen LogP contribution in [-0.2, 0) is 4.79 Å². The van der Waals surface area contributed by atoms with Crippen LogP contribution in [0.25, 0.3) is 0 Å². The van der Waals surface area contributed by atoms with E-state index in [0.29, 0.717) is 35.3 Å². The number of aromatic amines is 1. The molecule has 0 aliphatic carbocycles. The van der Waals surface area contributed by atoms with E-state index in [0.717, 1.165) is 0 Å². The number of hydrogen-bond donors (Lipinski definition) is 3. The number of fused-ring (bicyclic) bond motifs is 1. The lowest BCUT2D eigenvalue weighted by Crippen LogP contribution is -2.38. The van der Waals surface area contributed by atoms with Gasteiger partial charge in [-0.2, -0.15) is 5.10 Å². The predicted octanol–water partition coefficient (Wildman–Crippen LogP) is 1.74. The SMILES string of the molecule is CCN1C(=O)COc2ccc(NC(=O)N[C@@H](C)c3n[nH]c(C)n3)cc21. The molecule has 9 heteroatoms. The van der Waals surface area contributed by atoms with E-state index >= 15 is 0 Å². The number of likely N-dealkylation sites (N-methyl/N-ethyl adjacent to an activating group) is 1. The summed E-state index contributed by atoms with van der Waals surface area (Å²) in [6.07, 6.45) is 0. The van der Waals surface area contributed by atoms with Gasteiger partial charge in [-0.25, -0.2) is 9.78 Å². The van der Waals surface area contributed by atoms with E-state index in [1.807, 2.05) is 6.92 Å². The first kappa shape index (κ1) is 16.7. The third-order valence-corrected chi connectivity index (χ3v) is 3.83. The molecule has 0 spiro atoms. The molecular formula is C16H20N6O3. The number of carbonyl (C=O) groups is 2. The zero-order chi connectivity index (χ0) is 18.0. The summed E-state index contributed by atoms with van der Waals surface area (Å²) in [5, 5.41) is 12.3. The molecule has 0 bridgehead atoms. The van der Waals surface area contributed by atoms with Crippen molar-refractivity contribution in [3.63, 3.8) is 0 Å². The van der Waals surface area contributed by atoms with Crippen LogP contribution in [0.1, 0.15) is 31.5 Å². The van der Waals surface area contributed by atoms with Gasteiger partial charge < -0.3 is 20.3 Å². The number of H-pyrrole nitrogens is 1. The van der Waals surface area contributed by atoms with Crippen LogP contribution in [0.5, 0.6) is 5.75 Å². The van der Waals surface area contributed by atoms with Crippen molar-refractivity contribution >= 4 is 23.3 Å². The number of hydrogen-bond acceptors (Lipinski definition) is 5. The lowest BCUT2D eigenvalue weighted by atomic mass is 10.2. The number of benzene rings is 1. The highest BCUT2D eigenvalue weighted by molar-refractivity contribution is 5.99. The number of rotatable bonds is 4. The zero-order valence-corrected chi connectivity index (χ0v) is 14.3. The van der Waals surface area contributed by atoms with Crippen LogP contribution in [-0.4, -0.2) is 40.3 Å². The Kier molecular flexibility index (Phi) is 4.55. The van der Waals surface area contributed by atoms with Crippen molar-refractivity contribution in [1.29, 1.82) is 0 Å². The number of nitrogens with zero attached hydrogens (tertiary/aromatic N) is 3. The monoisotopic (exact) mass is 344 g/mol. The molecule has 2 heterocycles. The first-order chi connectivity index (χ1) is 12.0. The van der Waals surface area contributed by atoms with Crippen molar-refractivity contribution in [2.45, 2.75) is 26.8 Å². The summed E-state index contributed by atoms with van der Waals surface area (Å²) in [6.45, 7) is 6.04. The fraction of sp³-hybridized carbons (Fsp3) is 0.375. The maximum atomic E-state index is 12.2. The van der Waals surface area contributed by atoms with Crippen molar-refractivity contribution < 1.29 is 14.3 Å². The molecule has 3 N–H and O–H groups in total. The van der Waals surface area contributed by atoms with Gasteiger partial charge in [-0.3, -0.25) is 9.89 Å². The van der Waals surface area contributed by atoms with Crippen molar-refractivity contribution in [1.82, 2.24) is 20.5 Å². The fourth-order valence-electron chi connectivity index (χ4n) is 2.61. The van der Waals surface area contributed by atoms with Crippen molar-refractivity contribution in [3.05, 3.63) is 29.8 Å². The average Bonchev–Trinajstić information content (AvgIpc) is 3.01. The van der Waals surface area contributed by atoms with Gasteiger partial charge in [-0.1, -0.05) is 0 Å².